The molecule has 0 saturated carbocycles. The van der Waals surface area contributed by atoms with Crippen molar-refractivity contribution in [3.05, 3.63) is 59.4 Å². The summed E-state index contributed by atoms with van der Waals surface area (Å²) in [4.78, 5) is 28.1. The molecule has 1 aromatic carbocycles. The first-order chi connectivity index (χ1) is 12.2. The van der Waals surface area contributed by atoms with E-state index in [2.05, 4.69) is 21.5 Å². The number of anilines is 1. The fourth-order valence-corrected chi connectivity index (χ4v) is 2.07. The largest absolute Gasteiger partial charge is 0.335 e. The Kier molecular flexibility index (Phi) is 5.68. The van der Waals surface area contributed by atoms with E-state index in [4.69, 9.17) is 6.42 Å². The molecule has 0 saturated heterocycles. The number of terminal acetylenes is 1. The maximum atomic E-state index is 13.6. The highest BCUT2D eigenvalue weighted by Crippen LogP contribution is 2.13. The Labute approximate surface area is 149 Å². The van der Waals surface area contributed by atoms with Crippen molar-refractivity contribution < 1.29 is 18.4 Å². The molecule has 0 spiro atoms. The summed E-state index contributed by atoms with van der Waals surface area (Å²) in [5.41, 5.74) is -0.564. The zero-order valence-electron chi connectivity index (χ0n) is 14.3. The molecule has 7 heteroatoms. The van der Waals surface area contributed by atoms with E-state index in [0.717, 1.165) is 18.2 Å². The van der Waals surface area contributed by atoms with Crippen LogP contribution in [0.2, 0.25) is 0 Å². The fraction of sp³-hybridized carbons (Fsp3) is 0.211. The normalized spacial score (nSPS) is 10.7. The summed E-state index contributed by atoms with van der Waals surface area (Å²) in [6, 6.07) is 5.73. The molecule has 2 N–H and O–H groups in total. The first-order valence-corrected chi connectivity index (χ1v) is 7.70. The van der Waals surface area contributed by atoms with Gasteiger partial charge in [0.25, 0.3) is 5.91 Å². The zero-order chi connectivity index (χ0) is 19.3. The number of rotatable bonds is 5. The summed E-state index contributed by atoms with van der Waals surface area (Å²) in [7, 11) is 0. The highest BCUT2D eigenvalue weighted by molar-refractivity contribution is 5.96. The molecule has 0 aliphatic carbocycles. The van der Waals surface area contributed by atoms with Crippen molar-refractivity contribution in [3.8, 4) is 12.3 Å². The molecule has 2 aromatic rings. The molecular weight excluding hydrogens is 340 g/mol. The Balaban J connectivity index is 2.08. The smallest absolute Gasteiger partial charge is 0.271 e. The number of benzene rings is 1. The SMILES string of the molecule is C#CC(C)(C)NC(=O)c1cc(NC(=O)Cc2cc(F)ccc2F)ccn1. The number of carbonyl (C=O) groups is 2. The minimum Gasteiger partial charge on any atom is -0.335 e. The second kappa shape index (κ2) is 7.74. The van der Waals surface area contributed by atoms with Gasteiger partial charge in [-0.1, -0.05) is 5.92 Å². The minimum absolute atomic E-state index is 0.0584. The third kappa shape index (κ3) is 5.11. The number of hydrogen-bond acceptors (Lipinski definition) is 3. The van der Waals surface area contributed by atoms with E-state index >= 15 is 0 Å². The lowest BCUT2D eigenvalue weighted by atomic mass is 10.1. The van der Waals surface area contributed by atoms with Crippen LogP contribution < -0.4 is 10.6 Å². The Bertz CT molecular complexity index is 889. The summed E-state index contributed by atoms with van der Waals surface area (Å²) in [6.07, 6.45) is 6.32. The number of amides is 2. The molecule has 0 unspecified atom stereocenters. The van der Waals surface area contributed by atoms with Gasteiger partial charge >= 0.3 is 0 Å². The molecular formula is C19H17F2N3O2. The average Bonchev–Trinajstić information content (AvgIpc) is 2.58. The standard InChI is InChI=1S/C19H17F2N3O2/c1-4-19(2,3)24-18(26)16-11-14(7-8-22-16)23-17(25)10-12-9-13(20)5-6-15(12)21/h1,5-9,11H,10H2,2-3H3,(H,24,26)(H,22,23,25). The number of halogens is 2. The van der Waals surface area contributed by atoms with Crippen molar-refractivity contribution in [2.45, 2.75) is 25.8 Å². The predicted molar refractivity (Wildman–Crippen MR) is 93.3 cm³/mol. The van der Waals surface area contributed by atoms with Crippen molar-refractivity contribution in [3.63, 3.8) is 0 Å². The predicted octanol–water partition coefficient (Wildman–Crippen LogP) is 2.68. The van der Waals surface area contributed by atoms with Gasteiger partial charge in [0.1, 0.15) is 17.3 Å². The monoisotopic (exact) mass is 357 g/mol. The van der Waals surface area contributed by atoms with E-state index in [1.165, 1.54) is 18.3 Å². The molecule has 134 valence electrons. The van der Waals surface area contributed by atoms with Crippen molar-refractivity contribution in [2.24, 2.45) is 0 Å². The fourth-order valence-electron chi connectivity index (χ4n) is 2.07. The maximum absolute atomic E-state index is 13.6. The maximum Gasteiger partial charge on any atom is 0.271 e. The summed E-state index contributed by atoms with van der Waals surface area (Å²) >= 11 is 0. The van der Waals surface area contributed by atoms with Crippen LogP contribution in [-0.2, 0) is 11.2 Å². The van der Waals surface area contributed by atoms with Crippen molar-refractivity contribution in [1.82, 2.24) is 10.3 Å². The van der Waals surface area contributed by atoms with Gasteiger partial charge in [-0.3, -0.25) is 14.6 Å². The van der Waals surface area contributed by atoms with Gasteiger partial charge in [-0.2, -0.15) is 0 Å². The number of nitrogens with zero attached hydrogens (tertiary/aromatic N) is 1. The van der Waals surface area contributed by atoms with Crippen LogP contribution in [0.1, 0.15) is 29.9 Å². The van der Waals surface area contributed by atoms with Crippen LogP contribution in [-0.4, -0.2) is 22.3 Å². The lowest BCUT2D eigenvalue weighted by Gasteiger charge is -2.19. The molecule has 2 rings (SSSR count). The van der Waals surface area contributed by atoms with Gasteiger partial charge < -0.3 is 10.6 Å². The van der Waals surface area contributed by atoms with Gasteiger partial charge in [-0.15, -0.1) is 6.42 Å². The second-order valence-electron chi connectivity index (χ2n) is 6.11. The number of nitrogens with one attached hydrogen (secondary N) is 2. The molecule has 0 fully saturated rings. The third-order valence-electron chi connectivity index (χ3n) is 3.42. The number of aromatic nitrogens is 1. The van der Waals surface area contributed by atoms with Crippen molar-refractivity contribution >= 4 is 17.5 Å². The van der Waals surface area contributed by atoms with Crippen LogP contribution in [0.15, 0.2) is 36.5 Å². The third-order valence-corrected chi connectivity index (χ3v) is 3.42. The van der Waals surface area contributed by atoms with E-state index in [9.17, 15) is 18.4 Å². The molecule has 1 aromatic heterocycles. The topological polar surface area (TPSA) is 71.1 Å². The Hall–Kier alpha value is -3.27. The van der Waals surface area contributed by atoms with Gasteiger partial charge in [0.05, 0.1) is 12.0 Å². The molecule has 5 nitrogen and oxygen atoms in total. The summed E-state index contributed by atoms with van der Waals surface area (Å²) < 4.78 is 26.8. The number of pyridine rings is 1. The van der Waals surface area contributed by atoms with Crippen molar-refractivity contribution in [2.75, 3.05) is 5.32 Å². The second-order valence-corrected chi connectivity index (χ2v) is 6.11. The molecule has 0 atom stereocenters. The van der Waals surface area contributed by atoms with Crippen LogP contribution in [0.5, 0.6) is 0 Å². The Morgan fingerprint density at radius 3 is 2.65 bits per heavy atom. The highest BCUT2D eigenvalue weighted by atomic mass is 19.1. The lowest BCUT2D eigenvalue weighted by molar-refractivity contribution is -0.115. The Morgan fingerprint density at radius 1 is 1.23 bits per heavy atom. The molecule has 0 radical (unpaired) electrons. The molecule has 0 bridgehead atoms. The van der Waals surface area contributed by atoms with E-state index in [0.29, 0.717) is 5.69 Å². The zero-order valence-corrected chi connectivity index (χ0v) is 14.3. The van der Waals surface area contributed by atoms with Gasteiger partial charge in [0.2, 0.25) is 5.91 Å². The van der Waals surface area contributed by atoms with E-state index < -0.39 is 29.0 Å². The molecule has 0 aliphatic rings. The molecule has 0 aliphatic heterocycles. The average molecular weight is 357 g/mol. The van der Waals surface area contributed by atoms with Crippen LogP contribution in [0.4, 0.5) is 14.5 Å². The van der Waals surface area contributed by atoms with Gasteiger partial charge in [0.15, 0.2) is 0 Å². The summed E-state index contributed by atoms with van der Waals surface area (Å²) in [5, 5.41) is 5.14. The molecule has 2 amide bonds. The van der Waals surface area contributed by atoms with Crippen LogP contribution >= 0.6 is 0 Å². The molecule has 26 heavy (non-hydrogen) atoms. The number of hydrogen-bond donors (Lipinski definition) is 2. The Morgan fingerprint density at radius 2 is 1.96 bits per heavy atom. The van der Waals surface area contributed by atoms with Gasteiger partial charge in [-0.05, 0) is 44.2 Å². The highest BCUT2D eigenvalue weighted by Gasteiger charge is 2.19. The van der Waals surface area contributed by atoms with E-state index in [1.54, 1.807) is 13.8 Å². The first-order valence-electron chi connectivity index (χ1n) is 7.70. The summed E-state index contributed by atoms with van der Waals surface area (Å²) in [6.45, 7) is 3.31. The van der Waals surface area contributed by atoms with Crippen LogP contribution in [0, 0.1) is 24.0 Å². The van der Waals surface area contributed by atoms with Crippen LogP contribution in [0.3, 0.4) is 0 Å². The van der Waals surface area contributed by atoms with Crippen LogP contribution in [0.25, 0.3) is 0 Å². The van der Waals surface area contributed by atoms with E-state index in [1.807, 2.05) is 0 Å². The molecule has 1 heterocycles. The van der Waals surface area contributed by atoms with E-state index in [-0.39, 0.29) is 17.7 Å². The number of carbonyl (C=O) groups excluding carboxylic acids is 2. The minimum atomic E-state index is -0.854. The summed E-state index contributed by atoms with van der Waals surface area (Å²) in [5.74, 6) is 0.0667. The quantitative estimate of drug-likeness (QED) is 0.809. The lowest BCUT2D eigenvalue weighted by Crippen LogP contribution is -2.42. The van der Waals surface area contributed by atoms with Crippen molar-refractivity contribution in [1.29, 1.82) is 0 Å². The van der Waals surface area contributed by atoms with Gasteiger partial charge in [0, 0.05) is 17.4 Å². The first kappa shape index (κ1) is 19.1. The van der Waals surface area contributed by atoms with Gasteiger partial charge in [-0.25, -0.2) is 8.78 Å².